The number of hydrogen-bond acceptors (Lipinski definition) is 2. The molecule has 0 bridgehead atoms. The molecular formula is C16H21NO3. The summed E-state index contributed by atoms with van der Waals surface area (Å²) in [6.45, 7) is 3.59. The van der Waals surface area contributed by atoms with Crippen LogP contribution in [0.3, 0.4) is 0 Å². The smallest absolute Gasteiger partial charge is 0.329 e. The summed E-state index contributed by atoms with van der Waals surface area (Å²) in [5.41, 5.74) is -0.0286. The molecular weight excluding hydrogens is 254 g/mol. The van der Waals surface area contributed by atoms with Crippen molar-refractivity contribution < 1.29 is 14.7 Å². The first-order chi connectivity index (χ1) is 9.43. The molecule has 1 saturated carbocycles. The Kier molecular flexibility index (Phi) is 4.12. The first kappa shape index (κ1) is 14.6. The molecule has 1 aromatic carbocycles. The van der Waals surface area contributed by atoms with Crippen LogP contribution in [0.1, 0.15) is 44.6 Å². The molecule has 0 aromatic heterocycles. The minimum absolute atomic E-state index is 0.0657. The van der Waals surface area contributed by atoms with Crippen LogP contribution in [-0.2, 0) is 9.59 Å². The van der Waals surface area contributed by atoms with Crippen LogP contribution in [-0.4, -0.2) is 22.5 Å². The number of benzene rings is 1. The second-order valence-electron chi connectivity index (χ2n) is 5.85. The van der Waals surface area contributed by atoms with E-state index in [4.69, 9.17) is 0 Å². The molecule has 108 valence electrons. The highest BCUT2D eigenvalue weighted by Gasteiger charge is 2.48. The second kappa shape index (κ2) is 5.65. The molecule has 4 nitrogen and oxygen atoms in total. The Labute approximate surface area is 119 Å². The van der Waals surface area contributed by atoms with Crippen molar-refractivity contribution in [3.05, 3.63) is 35.9 Å². The number of carboxylic acids is 1. The monoisotopic (exact) mass is 275 g/mol. The Morgan fingerprint density at radius 1 is 1.35 bits per heavy atom. The predicted molar refractivity (Wildman–Crippen MR) is 76.4 cm³/mol. The van der Waals surface area contributed by atoms with Crippen LogP contribution >= 0.6 is 0 Å². The van der Waals surface area contributed by atoms with Gasteiger partial charge in [0.2, 0.25) is 5.91 Å². The standard InChI is InChI=1S/C16H21NO3/c1-11(12-6-4-3-5-7-12)10-14(18)17-16(2,15(19)20)13-8-9-13/h3-7,11,13H,8-10H2,1-2H3,(H,17,18)(H,19,20)/t11-,16+/m1/s1. The maximum absolute atomic E-state index is 12.1. The lowest BCUT2D eigenvalue weighted by Crippen LogP contribution is -2.54. The number of rotatable bonds is 6. The minimum Gasteiger partial charge on any atom is -0.480 e. The molecule has 1 aromatic rings. The maximum atomic E-state index is 12.1. The van der Waals surface area contributed by atoms with Gasteiger partial charge >= 0.3 is 5.97 Å². The van der Waals surface area contributed by atoms with Gasteiger partial charge in [-0.25, -0.2) is 4.79 Å². The summed E-state index contributed by atoms with van der Waals surface area (Å²) in [5.74, 6) is -0.997. The summed E-state index contributed by atoms with van der Waals surface area (Å²) in [6, 6.07) is 9.78. The van der Waals surface area contributed by atoms with Gasteiger partial charge in [0.1, 0.15) is 5.54 Å². The average molecular weight is 275 g/mol. The van der Waals surface area contributed by atoms with Crippen molar-refractivity contribution in [1.29, 1.82) is 0 Å². The Morgan fingerprint density at radius 2 is 1.95 bits per heavy atom. The molecule has 1 fully saturated rings. The van der Waals surface area contributed by atoms with Gasteiger partial charge < -0.3 is 10.4 Å². The lowest BCUT2D eigenvalue weighted by Gasteiger charge is -2.26. The molecule has 20 heavy (non-hydrogen) atoms. The van der Waals surface area contributed by atoms with Crippen molar-refractivity contribution in [3.8, 4) is 0 Å². The van der Waals surface area contributed by atoms with Crippen LogP contribution < -0.4 is 5.32 Å². The number of aliphatic carboxylic acids is 1. The summed E-state index contributed by atoms with van der Waals surface area (Å²) < 4.78 is 0. The van der Waals surface area contributed by atoms with E-state index < -0.39 is 11.5 Å². The van der Waals surface area contributed by atoms with Gasteiger partial charge in [0.05, 0.1) is 0 Å². The van der Waals surface area contributed by atoms with Gasteiger partial charge in [0.25, 0.3) is 0 Å². The number of carbonyl (C=O) groups excluding carboxylic acids is 1. The first-order valence-electron chi connectivity index (χ1n) is 7.03. The molecule has 0 unspecified atom stereocenters. The lowest BCUT2D eigenvalue weighted by molar-refractivity contribution is -0.148. The summed E-state index contributed by atoms with van der Waals surface area (Å²) in [4.78, 5) is 23.5. The molecule has 1 aliphatic rings. The van der Waals surface area contributed by atoms with E-state index >= 15 is 0 Å². The van der Waals surface area contributed by atoms with Crippen LogP contribution in [0.5, 0.6) is 0 Å². The summed E-state index contributed by atoms with van der Waals surface area (Å²) in [6.07, 6.45) is 2.05. The van der Waals surface area contributed by atoms with E-state index in [-0.39, 0.29) is 17.7 Å². The second-order valence-corrected chi connectivity index (χ2v) is 5.85. The molecule has 0 heterocycles. The third-order valence-corrected chi connectivity index (χ3v) is 4.10. The van der Waals surface area contributed by atoms with E-state index in [1.807, 2.05) is 37.3 Å². The fourth-order valence-electron chi connectivity index (χ4n) is 2.51. The number of carbonyl (C=O) groups is 2. The number of nitrogens with one attached hydrogen (secondary N) is 1. The van der Waals surface area contributed by atoms with Crippen LogP contribution in [0.2, 0.25) is 0 Å². The molecule has 0 spiro atoms. The summed E-state index contributed by atoms with van der Waals surface area (Å²) >= 11 is 0. The van der Waals surface area contributed by atoms with Crippen LogP contribution in [0.15, 0.2) is 30.3 Å². The van der Waals surface area contributed by atoms with Crippen molar-refractivity contribution >= 4 is 11.9 Å². The predicted octanol–water partition coefficient (Wildman–Crippen LogP) is 2.55. The average Bonchev–Trinajstić information content (AvgIpc) is 3.23. The van der Waals surface area contributed by atoms with Gasteiger partial charge in [-0.1, -0.05) is 37.3 Å². The van der Waals surface area contributed by atoms with Crippen molar-refractivity contribution in [2.45, 2.75) is 44.6 Å². The summed E-state index contributed by atoms with van der Waals surface area (Å²) in [5, 5.41) is 12.0. The Balaban J connectivity index is 1.97. The van der Waals surface area contributed by atoms with Gasteiger partial charge in [-0.05, 0) is 37.2 Å². The molecule has 1 amide bonds. The van der Waals surface area contributed by atoms with E-state index in [0.29, 0.717) is 6.42 Å². The molecule has 0 aliphatic heterocycles. The minimum atomic E-state index is -1.12. The van der Waals surface area contributed by atoms with Crippen LogP contribution in [0.25, 0.3) is 0 Å². The molecule has 0 radical (unpaired) electrons. The highest BCUT2D eigenvalue weighted by molar-refractivity contribution is 5.87. The third kappa shape index (κ3) is 3.18. The molecule has 2 atom stereocenters. The number of amides is 1. The van der Waals surface area contributed by atoms with E-state index in [1.165, 1.54) is 0 Å². The van der Waals surface area contributed by atoms with Gasteiger partial charge in [-0.15, -0.1) is 0 Å². The normalized spacial score (nSPS) is 18.9. The van der Waals surface area contributed by atoms with Crippen molar-refractivity contribution in [2.24, 2.45) is 5.92 Å². The highest BCUT2D eigenvalue weighted by Crippen LogP contribution is 2.39. The Bertz CT molecular complexity index is 496. The van der Waals surface area contributed by atoms with E-state index in [1.54, 1.807) is 6.92 Å². The van der Waals surface area contributed by atoms with Gasteiger partial charge in [0, 0.05) is 6.42 Å². The van der Waals surface area contributed by atoms with Crippen molar-refractivity contribution in [3.63, 3.8) is 0 Å². The number of hydrogen-bond donors (Lipinski definition) is 2. The molecule has 0 saturated heterocycles. The summed E-state index contributed by atoms with van der Waals surface area (Å²) in [7, 11) is 0. The molecule has 1 aliphatic carbocycles. The topological polar surface area (TPSA) is 66.4 Å². The first-order valence-corrected chi connectivity index (χ1v) is 7.03. The zero-order valence-electron chi connectivity index (χ0n) is 11.9. The lowest BCUT2D eigenvalue weighted by atomic mass is 9.93. The zero-order valence-corrected chi connectivity index (χ0v) is 11.9. The van der Waals surface area contributed by atoms with Gasteiger partial charge in [-0.2, -0.15) is 0 Å². The largest absolute Gasteiger partial charge is 0.480 e. The van der Waals surface area contributed by atoms with E-state index in [2.05, 4.69) is 5.32 Å². The Hall–Kier alpha value is -1.84. The third-order valence-electron chi connectivity index (χ3n) is 4.10. The molecule has 2 rings (SSSR count). The fraction of sp³-hybridized carbons (Fsp3) is 0.500. The molecule has 2 N–H and O–H groups in total. The maximum Gasteiger partial charge on any atom is 0.329 e. The zero-order chi connectivity index (χ0) is 14.8. The quantitative estimate of drug-likeness (QED) is 0.838. The Morgan fingerprint density at radius 3 is 2.45 bits per heavy atom. The fourth-order valence-corrected chi connectivity index (χ4v) is 2.51. The van der Waals surface area contributed by atoms with Gasteiger partial charge in [-0.3, -0.25) is 4.79 Å². The highest BCUT2D eigenvalue weighted by atomic mass is 16.4. The van der Waals surface area contributed by atoms with Gasteiger partial charge in [0.15, 0.2) is 0 Å². The van der Waals surface area contributed by atoms with Crippen molar-refractivity contribution in [2.75, 3.05) is 0 Å². The molecule has 4 heteroatoms. The van der Waals surface area contributed by atoms with E-state index in [0.717, 1.165) is 18.4 Å². The van der Waals surface area contributed by atoms with Crippen molar-refractivity contribution in [1.82, 2.24) is 5.32 Å². The number of carboxylic acid groups (broad SMARTS) is 1. The van der Waals surface area contributed by atoms with E-state index in [9.17, 15) is 14.7 Å². The van der Waals surface area contributed by atoms with Crippen LogP contribution in [0, 0.1) is 5.92 Å². The van der Waals surface area contributed by atoms with Crippen LogP contribution in [0.4, 0.5) is 0 Å². The SMILES string of the molecule is C[C@H](CC(=O)N[C@](C)(C(=O)O)C1CC1)c1ccccc1.